The number of benzene rings is 3. The maximum atomic E-state index is 13.9. The highest BCUT2D eigenvalue weighted by atomic mass is 19.1. The molecule has 0 saturated carbocycles. The molecule has 0 radical (unpaired) electrons. The largest absolute Gasteiger partial charge is 0.497 e. The fourth-order valence-electron chi connectivity index (χ4n) is 5.60. The summed E-state index contributed by atoms with van der Waals surface area (Å²) in [6.45, 7) is 0.811. The van der Waals surface area contributed by atoms with Crippen LogP contribution in [0.4, 0.5) is 4.39 Å². The highest BCUT2D eigenvalue weighted by Crippen LogP contribution is 2.44. The monoisotopic (exact) mass is 512 g/mol. The molecule has 5 rings (SSSR count). The van der Waals surface area contributed by atoms with Gasteiger partial charge in [-0.3, -0.25) is 9.59 Å². The van der Waals surface area contributed by atoms with Gasteiger partial charge in [-0.1, -0.05) is 54.1 Å². The quantitative estimate of drug-likeness (QED) is 0.359. The number of amides is 2. The molecule has 2 atom stereocenters. The topological polar surface area (TPSA) is 58.6 Å². The second kappa shape index (κ2) is 11.6. The molecule has 3 aromatic carbocycles. The molecule has 6 heteroatoms. The zero-order valence-electron chi connectivity index (χ0n) is 21.7. The summed E-state index contributed by atoms with van der Waals surface area (Å²) in [4.78, 5) is 29.5. The molecule has 0 aromatic heterocycles. The third-order valence-electron chi connectivity index (χ3n) is 7.57. The first-order valence-corrected chi connectivity index (χ1v) is 13.3. The second-order valence-corrected chi connectivity index (χ2v) is 9.99. The third kappa shape index (κ3) is 5.49. The van der Waals surface area contributed by atoms with E-state index >= 15 is 0 Å². The van der Waals surface area contributed by atoms with Crippen LogP contribution in [0.25, 0.3) is 0 Å². The van der Waals surface area contributed by atoms with Gasteiger partial charge in [0.1, 0.15) is 11.6 Å². The van der Waals surface area contributed by atoms with Crippen LogP contribution < -0.4 is 10.1 Å². The average molecular weight is 513 g/mol. The van der Waals surface area contributed by atoms with Crippen LogP contribution in [0.1, 0.15) is 71.1 Å². The molecule has 0 fully saturated rings. The minimum absolute atomic E-state index is 0.105. The highest BCUT2D eigenvalue weighted by Gasteiger charge is 2.44. The third-order valence-corrected chi connectivity index (χ3v) is 7.57. The molecule has 1 N–H and O–H groups in total. The summed E-state index contributed by atoms with van der Waals surface area (Å²) in [5, 5.41) is 3.18. The Morgan fingerprint density at radius 2 is 1.79 bits per heavy atom. The minimum atomic E-state index is -0.599. The molecule has 0 saturated heterocycles. The number of rotatable bonds is 8. The number of carbonyl (C=O) groups excluding carboxylic acids is 2. The maximum Gasteiger partial charge on any atom is 0.255 e. The van der Waals surface area contributed by atoms with Gasteiger partial charge in [-0.2, -0.15) is 0 Å². The van der Waals surface area contributed by atoms with Crippen molar-refractivity contribution in [3.63, 3.8) is 0 Å². The van der Waals surface area contributed by atoms with Gasteiger partial charge in [-0.05, 0) is 79.1 Å². The van der Waals surface area contributed by atoms with Gasteiger partial charge in [0.2, 0.25) is 5.91 Å². The minimum Gasteiger partial charge on any atom is -0.497 e. The molecule has 0 spiro atoms. The van der Waals surface area contributed by atoms with Crippen LogP contribution in [0, 0.1) is 5.82 Å². The predicted molar refractivity (Wildman–Crippen MR) is 145 cm³/mol. The molecular weight excluding hydrogens is 479 g/mol. The van der Waals surface area contributed by atoms with Crippen molar-refractivity contribution in [3.05, 3.63) is 113 Å². The number of methoxy groups -OCH3 is 1. The molecule has 0 unspecified atom stereocenters. The molecule has 38 heavy (non-hydrogen) atoms. The number of carbonyl (C=O) groups is 2. The Labute approximate surface area is 223 Å². The molecule has 2 amide bonds. The van der Waals surface area contributed by atoms with E-state index in [9.17, 15) is 14.0 Å². The van der Waals surface area contributed by atoms with Crippen molar-refractivity contribution in [1.82, 2.24) is 10.2 Å². The summed E-state index contributed by atoms with van der Waals surface area (Å²) in [6, 6.07) is 20.5. The number of nitrogens with zero attached hydrogens (tertiary/aromatic N) is 1. The van der Waals surface area contributed by atoms with E-state index in [0.29, 0.717) is 17.9 Å². The van der Waals surface area contributed by atoms with Gasteiger partial charge in [-0.25, -0.2) is 4.39 Å². The summed E-state index contributed by atoms with van der Waals surface area (Å²) >= 11 is 0. The molecule has 5 nitrogen and oxygen atoms in total. The van der Waals surface area contributed by atoms with E-state index in [-0.39, 0.29) is 24.2 Å². The van der Waals surface area contributed by atoms with Crippen molar-refractivity contribution in [2.45, 2.75) is 50.6 Å². The van der Waals surface area contributed by atoms with E-state index in [2.05, 4.69) is 11.4 Å². The summed E-state index contributed by atoms with van der Waals surface area (Å²) in [6.07, 6.45) is 7.78. The van der Waals surface area contributed by atoms with E-state index in [4.69, 9.17) is 4.74 Å². The summed E-state index contributed by atoms with van der Waals surface area (Å²) in [7, 11) is 1.61. The van der Waals surface area contributed by atoms with Crippen molar-refractivity contribution in [2.24, 2.45) is 0 Å². The number of allylic oxidation sites excluding steroid dienone is 1. The summed E-state index contributed by atoms with van der Waals surface area (Å²) < 4.78 is 19.0. The number of halogens is 1. The van der Waals surface area contributed by atoms with Gasteiger partial charge >= 0.3 is 0 Å². The second-order valence-electron chi connectivity index (χ2n) is 9.99. The lowest BCUT2D eigenvalue weighted by atomic mass is 9.79. The van der Waals surface area contributed by atoms with Crippen LogP contribution in [0.15, 0.2) is 84.4 Å². The number of ether oxygens (including phenoxy) is 1. The number of hydrogen-bond donors (Lipinski definition) is 1. The first-order valence-electron chi connectivity index (χ1n) is 13.3. The van der Waals surface area contributed by atoms with E-state index in [1.165, 1.54) is 30.5 Å². The Balaban J connectivity index is 1.52. The first kappa shape index (κ1) is 25.7. The molecule has 1 aliphatic heterocycles. The molecule has 1 heterocycles. The smallest absolute Gasteiger partial charge is 0.255 e. The van der Waals surface area contributed by atoms with Gasteiger partial charge in [0.15, 0.2) is 0 Å². The lowest BCUT2D eigenvalue weighted by Crippen LogP contribution is -2.47. The van der Waals surface area contributed by atoms with Gasteiger partial charge in [0.05, 0.1) is 19.1 Å². The molecular formula is C32H33FN2O3. The van der Waals surface area contributed by atoms with Crippen LogP contribution in [0.2, 0.25) is 0 Å². The molecule has 0 bridgehead atoms. The van der Waals surface area contributed by atoms with Gasteiger partial charge in [0, 0.05) is 18.7 Å². The summed E-state index contributed by atoms with van der Waals surface area (Å²) in [5.74, 6) is -0.490. The summed E-state index contributed by atoms with van der Waals surface area (Å²) in [5.41, 5.74) is 4.28. The Morgan fingerprint density at radius 1 is 1.03 bits per heavy atom. The number of fused-ring (bicyclic) bond motifs is 1. The van der Waals surface area contributed by atoms with Crippen LogP contribution in [-0.4, -0.2) is 30.4 Å². The SMILES string of the molecule is COc1ccc([C@H]2[C@@H](C(=O)NCCC3=CCCCC3)c3ccccc3C(=O)N2Cc2ccc(F)cc2)cc1. The Morgan fingerprint density at radius 3 is 2.50 bits per heavy atom. The van der Waals surface area contributed by atoms with Crippen LogP contribution >= 0.6 is 0 Å². The van der Waals surface area contributed by atoms with E-state index in [0.717, 1.165) is 36.0 Å². The lowest BCUT2D eigenvalue weighted by molar-refractivity contribution is -0.124. The molecule has 1 aliphatic carbocycles. The van der Waals surface area contributed by atoms with Gasteiger partial charge in [0.25, 0.3) is 5.91 Å². The Kier molecular flexibility index (Phi) is 7.87. The molecule has 3 aromatic rings. The van der Waals surface area contributed by atoms with Crippen LogP contribution in [0.5, 0.6) is 5.75 Å². The Bertz CT molecular complexity index is 1320. The molecule has 196 valence electrons. The zero-order valence-corrected chi connectivity index (χ0v) is 21.7. The molecule has 2 aliphatic rings. The normalized spacial score (nSPS) is 18.9. The maximum absolute atomic E-state index is 13.9. The fourth-order valence-corrected chi connectivity index (χ4v) is 5.60. The fraction of sp³-hybridized carbons (Fsp3) is 0.312. The van der Waals surface area contributed by atoms with Gasteiger partial charge < -0.3 is 15.0 Å². The highest BCUT2D eigenvalue weighted by molar-refractivity contribution is 6.01. The van der Waals surface area contributed by atoms with Crippen LogP contribution in [-0.2, 0) is 11.3 Å². The Hall–Kier alpha value is -3.93. The van der Waals surface area contributed by atoms with Crippen molar-refractivity contribution < 1.29 is 18.7 Å². The van der Waals surface area contributed by atoms with Crippen molar-refractivity contribution in [3.8, 4) is 5.75 Å². The van der Waals surface area contributed by atoms with Crippen molar-refractivity contribution >= 4 is 11.8 Å². The lowest BCUT2D eigenvalue weighted by Gasteiger charge is -2.42. The van der Waals surface area contributed by atoms with E-state index in [1.807, 2.05) is 42.5 Å². The number of nitrogens with one attached hydrogen (secondary N) is 1. The van der Waals surface area contributed by atoms with Crippen LogP contribution in [0.3, 0.4) is 0 Å². The standard InChI is InChI=1S/C32H33FN2O3/c1-38-26-17-13-24(14-18-26)30-29(31(36)34-20-19-22-7-3-2-4-8-22)27-9-5-6-10-28(27)32(37)35(30)21-23-11-15-25(33)16-12-23/h5-7,9-18,29-30H,2-4,8,19-21H2,1H3,(H,34,36)/t29-,30-/m0/s1. The number of hydrogen-bond acceptors (Lipinski definition) is 3. The first-order chi connectivity index (χ1) is 18.5. The average Bonchev–Trinajstić information content (AvgIpc) is 2.96. The van der Waals surface area contributed by atoms with Crippen molar-refractivity contribution in [2.75, 3.05) is 13.7 Å². The zero-order chi connectivity index (χ0) is 26.5. The van der Waals surface area contributed by atoms with Crippen molar-refractivity contribution in [1.29, 1.82) is 0 Å². The van der Waals surface area contributed by atoms with Gasteiger partial charge in [-0.15, -0.1) is 0 Å². The van der Waals surface area contributed by atoms with E-state index in [1.54, 1.807) is 30.2 Å². The van der Waals surface area contributed by atoms with E-state index < -0.39 is 12.0 Å². The predicted octanol–water partition coefficient (Wildman–Crippen LogP) is 6.32.